The third-order valence-corrected chi connectivity index (χ3v) is 2.69. The van der Waals surface area contributed by atoms with Crippen molar-refractivity contribution in [1.82, 2.24) is 4.98 Å². The lowest BCUT2D eigenvalue weighted by molar-refractivity contribution is 0.396. The molecule has 0 aliphatic heterocycles. The Balaban J connectivity index is 2.09. The largest absolute Gasteiger partial charge is 0.481 e. The second kappa shape index (κ2) is 5.69. The van der Waals surface area contributed by atoms with Crippen molar-refractivity contribution in [2.45, 2.75) is 6.54 Å². The van der Waals surface area contributed by atoms with Gasteiger partial charge in [-0.3, -0.25) is 0 Å². The lowest BCUT2D eigenvalue weighted by atomic mass is 10.3. The molecule has 0 bridgehead atoms. The summed E-state index contributed by atoms with van der Waals surface area (Å²) in [6.45, 7) is 0.397. The van der Waals surface area contributed by atoms with Crippen LogP contribution >= 0.6 is 11.6 Å². The lowest BCUT2D eigenvalue weighted by Gasteiger charge is -2.08. The van der Waals surface area contributed by atoms with Crippen molar-refractivity contribution in [3.8, 4) is 5.88 Å². The average molecular weight is 267 g/mol. The van der Waals surface area contributed by atoms with Gasteiger partial charge in [-0.25, -0.2) is 9.37 Å². The van der Waals surface area contributed by atoms with E-state index in [-0.39, 0.29) is 5.02 Å². The van der Waals surface area contributed by atoms with E-state index in [0.29, 0.717) is 18.1 Å². The van der Waals surface area contributed by atoms with Gasteiger partial charge < -0.3 is 10.1 Å². The van der Waals surface area contributed by atoms with Crippen molar-refractivity contribution >= 4 is 17.3 Å². The average Bonchev–Trinajstić information content (AvgIpc) is 2.41. The Bertz CT molecular complexity index is 548. The Kier molecular flexibility index (Phi) is 3.99. The molecule has 1 aromatic carbocycles. The molecule has 0 spiro atoms. The van der Waals surface area contributed by atoms with Crippen LogP contribution in [0.25, 0.3) is 0 Å². The molecule has 2 rings (SSSR count). The van der Waals surface area contributed by atoms with Crippen LogP contribution in [-0.4, -0.2) is 12.1 Å². The topological polar surface area (TPSA) is 34.1 Å². The van der Waals surface area contributed by atoms with Gasteiger partial charge in [0.2, 0.25) is 5.88 Å². The molecule has 5 heteroatoms. The van der Waals surface area contributed by atoms with Crippen LogP contribution in [0.4, 0.5) is 10.1 Å². The second-order valence-electron chi connectivity index (χ2n) is 3.63. The molecule has 1 aromatic heterocycles. The van der Waals surface area contributed by atoms with Crippen molar-refractivity contribution in [2.75, 3.05) is 12.4 Å². The quantitative estimate of drug-likeness (QED) is 0.920. The van der Waals surface area contributed by atoms with Crippen molar-refractivity contribution in [3.05, 3.63) is 52.9 Å². The molecular formula is C13H12ClFN2O. The number of hydrogen-bond acceptors (Lipinski definition) is 3. The Labute approximate surface area is 110 Å². The van der Waals surface area contributed by atoms with Gasteiger partial charge in [0.1, 0.15) is 0 Å². The van der Waals surface area contributed by atoms with Gasteiger partial charge in [0.05, 0.1) is 30.1 Å². The molecule has 0 unspecified atom stereocenters. The molecule has 3 nitrogen and oxygen atoms in total. The number of halogens is 2. The predicted octanol–water partition coefficient (Wildman–Crippen LogP) is 3.49. The van der Waals surface area contributed by atoms with Gasteiger partial charge >= 0.3 is 0 Å². The molecule has 2 aromatic rings. The molecular weight excluding hydrogens is 255 g/mol. The Morgan fingerprint density at radius 2 is 2.06 bits per heavy atom. The molecule has 0 aliphatic carbocycles. The zero-order valence-electron chi connectivity index (χ0n) is 9.78. The summed E-state index contributed by atoms with van der Waals surface area (Å²) in [7, 11) is 1.55. The first-order valence-electron chi connectivity index (χ1n) is 5.38. The van der Waals surface area contributed by atoms with Gasteiger partial charge in [-0.2, -0.15) is 0 Å². The molecule has 0 amide bonds. The number of benzene rings is 1. The van der Waals surface area contributed by atoms with Crippen LogP contribution in [0.3, 0.4) is 0 Å². The Hall–Kier alpha value is -1.81. The zero-order valence-corrected chi connectivity index (χ0v) is 10.5. The van der Waals surface area contributed by atoms with E-state index in [2.05, 4.69) is 10.3 Å². The van der Waals surface area contributed by atoms with Crippen molar-refractivity contribution in [3.63, 3.8) is 0 Å². The van der Waals surface area contributed by atoms with Crippen LogP contribution in [0.1, 0.15) is 5.69 Å². The van der Waals surface area contributed by atoms with E-state index in [1.54, 1.807) is 25.3 Å². The summed E-state index contributed by atoms with van der Waals surface area (Å²) in [6, 6.07) is 10.2. The zero-order chi connectivity index (χ0) is 13.0. The summed E-state index contributed by atoms with van der Waals surface area (Å²) in [5, 5.41) is 3.04. The molecule has 0 saturated carbocycles. The molecule has 1 heterocycles. The predicted molar refractivity (Wildman–Crippen MR) is 69.5 cm³/mol. The van der Waals surface area contributed by atoms with E-state index in [4.69, 9.17) is 16.3 Å². The van der Waals surface area contributed by atoms with Gasteiger partial charge in [-0.15, -0.1) is 0 Å². The van der Waals surface area contributed by atoms with E-state index in [9.17, 15) is 4.39 Å². The first-order chi connectivity index (χ1) is 8.70. The molecule has 18 heavy (non-hydrogen) atoms. The number of methoxy groups -OCH3 is 1. The summed E-state index contributed by atoms with van der Waals surface area (Å²) in [4.78, 5) is 4.22. The van der Waals surface area contributed by atoms with Crippen LogP contribution in [0, 0.1) is 5.82 Å². The highest BCUT2D eigenvalue weighted by Crippen LogP contribution is 2.22. The van der Waals surface area contributed by atoms with Gasteiger partial charge in [0.25, 0.3) is 0 Å². The SMILES string of the molecule is COc1cccc(CNc2cccc(Cl)c2F)n1. The lowest BCUT2D eigenvalue weighted by Crippen LogP contribution is -2.04. The summed E-state index contributed by atoms with van der Waals surface area (Å²) < 4.78 is 18.6. The van der Waals surface area contributed by atoms with Crippen LogP contribution in [0.2, 0.25) is 5.02 Å². The van der Waals surface area contributed by atoms with Gasteiger partial charge in [-0.1, -0.05) is 23.7 Å². The fourth-order valence-electron chi connectivity index (χ4n) is 1.50. The summed E-state index contributed by atoms with van der Waals surface area (Å²) in [5.74, 6) is 0.0722. The number of rotatable bonds is 4. The number of hydrogen-bond donors (Lipinski definition) is 1. The van der Waals surface area contributed by atoms with E-state index in [0.717, 1.165) is 5.69 Å². The van der Waals surface area contributed by atoms with Crippen molar-refractivity contribution in [2.24, 2.45) is 0 Å². The smallest absolute Gasteiger partial charge is 0.213 e. The first-order valence-corrected chi connectivity index (χ1v) is 5.76. The van der Waals surface area contributed by atoms with Crippen molar-refractivity contribution < 1.29 is 9.13 Å². The van der Waals surface area contributed by atoms with Crippen LogP contribution < -0.4 is 10.1 Å². The fourth-order valence-corrected chi connectivity index (χ4v) is 1.67. The van der Waals surface area contributed by atoms with E-state index in [1.807, 2.05) is 12.1 Å². The number of aromatic nitrogens is 1. The highest BCUT2D eigenvalue weighted by molar-refractivity contribution is 6.31. The number of nitrogens with one attached hydrogen (secondary N) is 1. The normalized spacial score (nSPS) is 10.2. The van der Waals surface area contributed by atoms with Crippen molar-refractivity contribution in [1.29, 1.82) is 0 Å². The first kappa shape index (κ1) is 12.6. The van der Waals surface area contributed by atoms with E-state index >= 15 is 0 Å². The molecule has 0 aliphatic rings. The Morgan fingerprint density at radius 1 is 1.28 bits per heavy atom. The van der Waals surface area contributed by atoms with Gasteiger partial charge in [0.15, 0.2) is 5.82 Å². The van der Waals surface area contributed by atoms with E-state index in [1.165, 1.54) is 6.07 Å². The third-order valence-electron chi connectivity index (χ3n) is 2.40. The number of ether oxygens (including phenoxy) is 1. The van der Waals surface area contributed by atoms with Gasteiger partial charge in [0, 0.05) is 6.07 Å². The highest BCUT2D eigenvalue weighted by atomic mass is 35.5. The van der Waals surface area contributed by atoms with Crippen LogP contribution in [0.5, 0.6) is 5.88 Å². The monoisotopic (exact) mass is 266 g/mol. The minimum absolute atomic E-state index is 0.0959. The van der Waals surface area contributed by atoms with Crippen LogP contribution in [-0.2, 0) is 6.54 Å². The molecule has 94 valence electrons. The maximum absolute atomic E-state index is 13.6. The van der Waals surface area contributed by atoms with Crippen LogP contribution in [0.15, 0.2) is 36.4 Å². The number of anilines is 1. The molecule has 0 saturated heterocycles. The summed E-state index contributed by atoms with van der Waals surface area (Å²) >= 11 is 5.69. The molecule has 1 N–H and O–H groups in total. The number of nitrogens with zero attached hydrogens (tertiary/aromatic N) is 1. The van der Waals surface area contributed by atoms with Gasteiger partial charge in [-0.05, 0) is 18.2 Å². The Morgan fingerprint density at radius 3 is 2.83 bits per heavy atom. The standard InChI is InChI=1S/C13H12ClFN2O/c1-18-12-7-2-4-9(17-12)8-16-11-6-3-5-10(14)13(11)15/h2-7,16H,8H2,1H3. The molecule has 0 fully saturated rings. The third kappa shape index (κ3) is 2.90. The number of pyridine rings is 1. The van der Waals surface area contributed by atoms with E-state index < -0.39 is 5.82 Å². The summed E-state index contributed by atoms with van der Waals surface area (Å²) in [5.41, 5.74) is 1.11. The second-order valence-corrected chi connectivity index (χ2v) is 4.03. The molecule has 0 radical (unpaired) electrons. The molecule has 0 atom stereocenters. The minimum Gasteiger partial charge on any atom is -0.481 e. The fraction of sp³-hybridized carbons (Fsp3) is 0.154. The maximum Gasteiger partial charge on any atom is 0.213 e. The minimum atomic E-state index is -0.456. The summed E-state index contributed by atoms with van der Waals surface area (Å²) in [6.07, 6.45) is 0. The maximum atomic E-state index is 13.6. The highest BCUT2D eigenvalue weighted by Gasteiger charge is 2.06.